The summed E-state index contributed by atoms with van der Waals surface area (Å²) in [5.41, 5.74) is 0.524. The SMILES string of the molecule is CC1(C)CCCC(NCCNC(=O)C2CC2)CC1. The lowest BCUT2D eigenvalue weighted by molar-refractivity contribution is -0.122. The fourth-order valence-electron chi connectivity index (χ4n) is 2.82. The number of rotatable bonds is 5. The van der Waals surface area contributed by atoms with Crippen LogP contribution in [0.1, 0.15) is 58.8 Å². The predicted octanol–water partition coefficient (Wildman–Crippen LogP) is 2.46. The van der Waals surface area contributed by atoms with Gasteiger partial charge in [0.15, 0.2) is 0 Å². The molecule has 1 amide bonds. The van der Waals surface area contributed by atoms with Gasteiger partial charge in [0.25, 0.3) is 0 Å². The fourth-order valence-corrected chi connectivity index (χ4v) is 2.82. The third kappa shape index (κ3) is 4.60. The third-order valence-electron chi connectivity index (χ3n) is 4.38. The third-order valence-corrected chi connectivity index (χ3v) is 4.38. The fraction of sp³-hybridized carbons (Fsp3) is 0.933. The number of amides is 1. The van der Waals surface area contributed by atoms with Gasteiger partial charge in [0.05, 0.1) is 0 Å². The highest BCUT2D eigenvalue weighted by atomic mass is 16.2. The first kappa shape index (κ1) is 13.9. The topological polar surface area (TPSA) is 41.1 Å². The second-order valence-electron chi connectivity index (χ2n) is 6.81. The van der Waals surface area contributed by atoms with Crippen LogP contribution in [-0.4, -0.2) is 25.0 Å². The van der Waals surface area contributed by atoms with E-state index >= 15 is 0 Å². The first-order chi connectivity index (χ1) is 8.57. The van der Waals surface area contributed by atoms with E-state index in [-0.39, 0.29) is 5.91 Å². The smallest absolute Gasteiger partial charge is 0.223 e. The maximum atomic E-state index is 11.5. The Labute approximate surface area is 111 Å². The Morgan fingerprint density at radius 1 is 1.11 bits per heavy atom. The molecule has 2 saturated carbocycles. The van der Waals surface area contributed by atoms with E-state index < -0.39 is 0 Å². The zero-order valence-corrected chi connectivity index (χ0v) is 11.9. The van der Waals surface area contributed by atoms with Crippen LogP contribution in [0.4, 0.5) is 0 Å². The first-order valence-corrected chi connectivity index (χ1v) is 7.58. The molecule has 2 rings (SSSR count). The second kappa shape index (κ2) is 6.05. The molecule has 0 bridgehead atoms. The largest absolute Gasteiger partial charge is 0.355 e. The van der Waals surface area contributed by atoms with Crippen LogP contribution in [0, 0.1) is 11.3 Å². The van der Waals surface area contributed by atoms with Gasteiger partial charge in [0.1, 0.15) is 0 Å². The van der Waals surface area contributed by atoms with E-state index in [4.69, 9.17) is 0 Å². The monoisotopic (exact) mass is 252 g/mol. The van der Waals surface area contributed by atoms with Crippen molar-refractivity contribution in [3.8, 4) is 0 Å². The summed E-state index contributed by atoms with van der Waals surface area (Å²) in [6.07, 6.45) is 8.76. The predicted molar refractivity (Wildman–Crippen MR) is 74.4 cm³/mol. The van der Waals surface area contributed by atoms with Crippen molar-refractivity contribution in [2.45, 2.75) is 64.8 Å². The molecule has 0 spiro atoms. The summed E-state index contributed by atoms with van der Waals surface area (Å²) in [5.74, 6) is 0.600. The molecule has 1 atom stereocenters. The van der Waals surface area contributed by atoms with E-state index in [1.165, 1.54) is 32.1 Å². The van der Waals surface area contributed by atoms with Crippen LogP contribution >= 0.6 is 0 Å². The van der Waals surface area contributed by atoms with Gasteiger partial charge in [-0.05, 0) is 43.9 Å². The highest BCUT2D eigenvalue weighted by Gasteiger charge is 2.29. The quantitative estimate of drug-likeness (QED) is 0.583. The van der Waals surface area contributed by atoms with E-state index in [0.717, 1.165) is 25.9 Å². The van der Waals surface area contributed by atoms with Crippen molar-refractivity contribution in [3.63, 3.8) is 0 Å². The molecule has 18 heavy (non-hydrogen) atoms. The van der Waals surface area contributed by atoms with Gasteiger partial charge in [-0.25, -0.2) is 0 Å². The molecule has 0 heterocycles. The van der Waals surface area contributed by atoms with Crippen molar-refractivity contribution < 1.29 is 4.79 Å². The Bertz CT molecular complexity index is 284. The molecular formula is C15H28N2O. The molecule has 2 N–H and O–H groups in total. The van der Waals surface area contributed by atoms with Gasteiger partial charge in [-0.1, -0.05) is 20.3 Å². The summed E-state index contributed by atoms with van der Waals surface area (Å²) in [7, 11) is 0. The Morgan fingerprint density at radius 2 is 1.89 bits per heavy atom. The van der Waals surface area contributed by atoms with Crippen LogP contribution in [0.5, 0.6) is 0 Å². The molecule has 3 nitrogen and oxygen atoms in total. The molecular weight excluding hydrogens is 224 g/mol. The molecule has 1 unspecified atom stereocenters. The molecule has 2 aliphatic rings. The van der Waals surface area contributed by atoms with E-state index in [0.29, 0.717) is 17.4 Å². The van der Waals surface area contributed by atoms with E-state index in [1.807, 2.05) is 0 Å². The Balaban J connectivity index is 1.57. The lowest BCUT2D eigenvalue weighted by Gasteiger charge is -2.22. The maximum Gasteiger partial charge on any atom is 0.223 e. The molecule has 2 aliphatic carbocycles. The van der Waals surface area contributed by atoms with Gasteiger partial charge in [-0.15, -0.1) is 0 Å². The van der Waals surface area contributed by atoms with Gasteiger partial charge >= 0.3 is 0 Å². The Hall–Kier alpha value is -0.570. The lowest BCUT2D eigenvalue weighted by atomic mass is 9.85. The zero-order valence-electron chi connectivity index (χ0n) is 11.9. The number of carbonyl (C=O) groups is 1. The summed E-state index contributed by atoms with van der Waals surface area (Å²) in [6.45, 7) is 6.47. The average molecular weight is 252 g/mol. The molecule has 0 aromatic heterocycles. The summed E-state index contributed by atoms with van der Waals surface area (Å²) in [4.78, 5) is 11.5. The van der Waals surface area contributed by atoms with E-state index in [1.54, 1.807) is 0 Å². The summed E-state index contributed by atoms with van der Waals surface area (Å²) < 4.78 is 0. The summed E-state index contributed by atoms with van der Waals surface area (Å²) >= 11 is 0. The standard InChI is InChI=1S/C15H28N2O/c1-15(2)8-3-4-13(7-9-15)16-10-11-17-14(18)12-5-6-12/h12-13,16H,3-11H2,1-2H3,(H,17,18). The number of hydrogen-bond donors (Lipinski definition) is 2. The summed E-state index contributed by atoms with van der Waals surface area (Å²) in [6, 6.07) is 0.657. The van der Waals surface area contributed by atoms with Crippen molar-refractivity contribution in [1.82, 2.24) is 10.6 Å². The number of hydrogen-bond acceptors (Lipinski definition) is 2. The van der Waals surface area contributed by atoms with Crippen molar-refractivity contribution in [1.29, 1.82) is 0 Å². The van der Waals surface area contributed by atoms with Crippen LogP contribution in [0.15, 0.2) is 0 Å². The highest BCUT2D eigenvalue weighted by molar-refractivity contribution is 5.80. The van der Waals surface area contributed by atoms with Crippen LogP contribution in [0.3, 0.4) is 0 Å². The first-order valence-electron chi connectivity index (χ1n) is 7.58. The minimum absolute atomic E-state index is 0.263. The highest BCUT2D eigenvalue weighted by Crippen LogP contribution is 2.33. The maximum absolute atomic E-state index is 11.5. The van der Waals surface area contributed by atoms with Crippen molar-refractivity contribution in [2.24, 2.45) is 11.3 Å². The van der Waals surface area contributed by atoms with Crippen molar-refractivity contribution in [2.75, 3.05) is 13.1 Å². The normalized spacial score (nSPS) is 27.6. The molecule has 0 aliphatic heterocycles. The minimum Gasteiger partial charge on any atom is -0.355 e. The van der Waals surface area contributed by atoms with Gasteiger partial charge in [0.2, 0.25) is 5.91 Å². The Kier molecular flexibility index (Phi) is 4.66. The van der Waals surface area contributed by atoms with Crippen LogP contribution < -0.4 is 10.6 Å². The van der Waals surface area contributed by atoms with E-state index in [9.17, 15) is 4.79 Å². The minimum atomic E-state index is 0.263. The van der Waals surface area contributed by atoms with Gasteiger partial charge in [-0.2, -0.15) is 0 Å². The number of carbonyl (C=O) groups excluding carboxylic acids is 1. The molecule has 0 aromatic rings. The van der Waals surface area contributed by atoms with E-state index in [2.05, 4.69) is 24.5 Å². The molecule has 2 fully saturated rings. The van der Waals surface area contributed by atoms with Crippen LogP contribution in [-0.2, 0) is 4.79 Å². The lowest BCUT2D eigenvalue weighted by Crippen LogP contribution is -2.37. The molecule has 0 aromatic carbocycles. The Morgan fingerprint density at radius 3 is 2.61 bits per heavy atom. The molecule has 3 heteroatoms. The van der Waals surface area contributed by atoms with Crippen LogP contribution in [0.2, 0.25) is 0 Å². The second-order valence-corrected chi connectivity index (χ2v) is 6.81. The molecule has 0 radical (unpaired) electrons. The van der Waals surface area contributed by atoms with Crippen molar-refractivity contribution in [3.05, 3.63) is 0 Å². The molecule has 0 saturated heterocycles. The van der Waals surface area contributed by atoms with Gasteiger partial charge in [0, 0.05) is 25.0 Å². The summed E-state index contributed by atoms with van der Waals surface area (Å²) in [5, 5.41) is 6.61. The van der Waals surface area contributed by atoms with Gasteiger partial charge < -0.3 is 10.6 Å². The van der Waals surface area contributed by atoms with Crippen molar-refractivity contribution >= 4 is 5.91 Å². The van der Waals surface area contributed by atoms with Crippen LogP contribution in [0.25, 0.3) is 0 Å². The zero-order chi connectivity index (χ0) is 13.0. The van der Waals surface area contributed by atoms with Gasteiger partial charge in [-0.3, -0.25) is 4.79 Å². The number of nitrogens with one attached hydrogen (secondary N) is 2. The molecule has 104 valence electrons. The average Bonchev–Trinajstić information content (AvgIpc) is 3.13.